The van der Waals surface area contributed by atoms with Crippen LogP contribution in [0, 0.1) is 16.4 Å². The average Bonchev–Trinajstić information content (AvgIpc) is 3.61. The van der Waals surface area contributed by atoms with E-state index in [2.05, 4.69) is 30.5 Å². The van der Waals surface area contributed by atoms with Crippen molar-refractivity contribution >= 4 is 44.9 Å². The summed E-state index contributed by atoms with van der Waals surface area (Å²) in [6.45, 7) is 5.46. The molecule has 11 heteroatoms. The first kappa shape index (κ1) is 23.9. The van der Waals surface area contributed by atoms with Crippen LogP contribution in [0.5, 0.6) is 0 Å². The number of carbonyl (C=O) groups excluding carboxylic acids is 1. The monoisotopic (exact) mass is 529 g/mol. The van der Waals surface area contributed by atoms with Gasteiger partial charge in [0.25, 0.3) is 0 Å². The average molecular weight is 530 g/mol. The molecule has 0 unspecified atom stereocenters. The zero-order valence-electron chi connectivity index (χ0n) is 20.6. The smallest absolute Gasteiger partial charge is 0.229 e. The Morgan fingerprint density at radius 1 is 1.03 bits per heavy atom. The Labute approximate surface area is 219 Å². The molecule has 3 N–H and O–H groups in total. The summed E-state index contributed by atoms with van der Waals surface area (Å²) in [5, 5.41) is 10.1. The minimum atomic E-state index is -0.577. The molecule has 0 saturated heterocycles. The van der Waals surface area contributed by atoms with Gasteiger partial charge in [0.2, 0.25) is 5.91 Å². The third-order valence-corrected chi connectivity index (χ3v) is 6.95. The third kappa shape index (κ3) is 4.20. The van der Waals surface area contributed by atoms with Crippen molar-refractivity contribution in [2.24, 2.45) is 5.41 Å². The lowest BCUT2D eigenvalue weighted by molar-refractivity contribution is -0.123. The number of nitrogens with zero attached hydrogens (tertiary/aromatic N) is 4. The fourth-order valence-electron chi connectivity index (χ4n) is 4.08. The Kier molecular flexibility index (Phi) is 5.53. The standard InChI is InChI=1S/C27H21F2N7OS/c1-27(2,3)26(37)32-15-8-14(11-30-12-15)13-9-16-21(17(28)10-13)35-36-22(16)25-33-18-6-7-31-24(23(18)34-25)19-4-5-20(29)38-19/h4-12H,1-3H3,(H,32,37)(H,33,34)(H,35,36). The van der Waals surface area contributed by atoms with Crippen LogP contribution in [0.1, 0.15) is 20.8 Å². The van der Waals surface area contributed by atoms with Gasteiger partial charge < -0.3 is 10.3 Å². The second-order valence-corrected chi connectivity index (χ2v) is 10.9. The second kappa shape index (κ2) is 8.80. The largest absolute Gasteiger partial charge is 0.337 e. The summed E-state index contributed by atoms with van der Waals surface area (Å²) in [7, 11) is 0. The van der Waals surface area contributed by atoms with E-state index in [0.29, 0.717) is 55.3 Å². The second-order valence-electron chi connectivity index (χ2n) is 9.86. The first-order valence-electron chi connectivity index (χ1n) is 11.7. The lowest BCUT2D eigenvalue weighted by atomic mass is 9.95. The number of benzene rings is 1. The van der Waals surface area contributed by atoms with E-state index in [1.807, 2.05) is 20.8 Å². The normalized spacial score (nSPS) is 11.9. The molecule has 0 saturated carbocycles. The molecular weight excluding hydrogens is 508 g/mol. The summed E-state index contributed by atoms with van der Waals surface area (Å²) in [5.74, 6) is -0.231. The quantitative estimate of drug-likeness (QED) is 0.240. The van der Waals surface area contributed by atoms with Crippen molar-refractivity contribution in [3.63, 3.8) is 0 Å². The van der Waals surface area contributed by atoms with Crippen molar-refractivity contribution < 1.29 is 13.6 Å². The zero-order chi connectivity index (χ0) is 26.6. The number of H-pyrrole nitrogens is 2. The molecule has 0 fully saturated rings. The predicted octanol–water partition coefficient (Wildman–Crippen LogP) is 6.55. The number of nitrogens with one attached hydrogen (secondary N) is 3. The summed E-state index contributed by atoms with van der Waals surface area (Å²) in [6.07, 6.45) is 4.77. The lowest BCUT2D eigenvalue weighted by Gasteiger charge is -2.17. The number of anilines is 1. The van der Waals surface area contributed by atoms with Crippen LogP contribution in [0.4, 0.5) is 14.5 Å². The highest BCUT2D eigenvalue weighted by atomic mass is 32.1. The van der Waals surface area contributed by atoms with Crippen LogP contribution >= 0.6 is 11.3 Å². The van der Waals surface area contributed by atoms with Gasteiger partial charge in [-0.1, -0.05) is 20.8 Å². The Bertz CT molecular complexity index is 1850. The molecule has 0 atom stereocenters. The molecule has 190 valence electrons. The molecule has 6 aromatic rings. The Hall–Kier alpha value is -4.51. The van der Waals surface area contributed by atoms with Gasteiger partial charge in [0.05, 0.1) is 22.3 Å². The van der Waals surface area contributed by atoms with Gasteiger partial charge in [0.15, 0.2) is 16.8 Å². The highest BCUT2D eigenvalue weighted by molar-refractivity contribution is 7.13. The van der Waals surface area contributed by atoms with Crippen LogP contribution in [0.25, 0.3) is 55.2 Å². The molecular formula is C27H21F2N7OS. The number of carbonyl (C=O) groups is 1. The van der Waals surface area contributed by atoms with E-state index in [0.717, 1.165) is 11.3 Å². The van der Waals surface area contributed by atoms with Crippen LogP contribution in [0.15, 0.2) is 55.0 Å². The maximum Gasteiger partial charge on any atom is 0.229 e. The Morgan fingerprint density at radius 2 is 1.87 bits per heavy atom. The van der Waals surface area contributed by atoms with E-state index in [-0.39, 0.29) is 16.6 Å². The van der Waals surface area contributed by atoms with E-state index in [1.165, 1.54) is 12.1 Å². The molecule has 0 radical (unpaired) electrons. The number of fused-ring (bicyclic) bond motifs is 2. The SMILES string of the molecule is CC(C)(C)C(=O)Nc1cncc(-c2cc(F)c3n[nH]c(-c4nc5c(-c6ccc(F)s6)nccc5[nH]4)c3c2)c1. The Morgan fingerprint density at radius 3 is 2.63 bits per heavy atom. The molecule has 0 bridgehead atoms. The van der Waals surface area contributed by atoms with Gasteiger partial charge in [-0.3, -0.25) is 19.9 Å². The van der Waals surface area contributed by atoms with Crippen LogP contribution in [0.3, 0.4) is 0 Å². The number of aromatic amines is 2. The molecule has 5 heterocycles. The first-order valence-corrected chi connectivity index (χ1v) is 12.5. The van der Waals surface area contributed by atoms with Gasteiger partial charge in [-0.2, -0.15) is 9.49 Å². The maximum atomic E-state index is 15.2. The van der Waals surface area contributed by atoms with Crippen molar-refractivity contribution in [2.75, 3.05) is 5.32 Å². The van der Waals surface area contributed by atoms with E-state index < -0.39 is 11.2 Å². The van der Waals surface area contributed by atoms with E-state index in [1.54, 1.807) is 42.9 Å². The molecule has 6 rings (SSSR count). The van der Waals surface area contributed by atoms with Crippen LogP contribution in [-0.4, -0.2) is 36.0 Å². The highest BCUT2D eigenvalue weighted by Crippen LogP contribution is 2.35. The molecule has 0 spiro atoms. The molecule has 0 aliphatic heterocycles. The molecule has 0 aliphatic rings. The lowest BCUT2D eigenvalue weighted by Crippen LogP contribution is -2.27. The van der Waals surface area contributed by atoms with Gasteiger partial charge in [-0.15, -0.1) is 11.3 Å². The fourth-order valence-corrected chi connectivity index (χ4v) is 4.81. The van der Waals surface area contributed by atoms with Crippen molar-refractivity contribution in [3.05, 3.63) is 65.9 Å². The fraction of sp³-hybridized carbons (Fsp3) is 0.148. The first-order chi connectivity index (χ1) is 18.2. The zero-order valence-corrected chi connectivity index (χ0v) is 21.4. The number of halogens is 2. The topological polar surface area (TPSA) is 112 Å². The highest BCUT2D eigenvalue weighted by Gasteiger charge is 2.22. The van der Waals surface area contributed by atoms with Crippen LogP contribution in [-0.2, 0) is 4.79 Å². The van der Waals surface area contributed by atoms with Gasteiger partial charge in [0.1, 0.15) is 22.4 Å². The predicted molar refractivity (Wildman–Crippen MR) is 144 cm³/mol. The number of rotatable bonds is 4. The molecule has 8 nitrogen and oxygen atoms in total. The number of imidazole rings is 1. The molecule has 38 heavy (non-hydrogen) atoms. The Balaban J connectivity index is 1.43. The van der Waals surface area contributed by atoms with E-state index >= 15 is 4.39 Å². The third-order valence-electron chi connectivity index (χ3n) is 6.07. The summed E-state index contributed by atoms with van der Waals surface area (Å²) in [4.78, 5) is 29.6. The number of hydrogen-bond donors (Lipinski definition) is 3. The number of aromatic nitrogens is 6. The number of amides is 1. The van der Waals surface area contributed by atoms with Crippen LogP contribution in [0.2, 0.25) is 0 Å². The van der Waals surface area contributed by atoms with Crippen molar-refractivity contribution in [1.29, 1.82) is 0 Å². The van der Waals surface area contributed by atoms with Gasteiger partial charge in [-0.05, 0) is 42.0 Å². The van der Waals surface area contributed by atoms with Crippen LogP contribution < -0.4 is 5.32 Å². The molecule has 1 aromatic carbocycles. The van der Waals surface area contributed by atoms with Crippen molar-refractivity contribution in [3.8, 4) is 33.2 Å². The number of hydrogen-bond acceptors (Lipinski definition) is 6. The summed E-state index contributed by atoms with van der Waals surface area (Å²) < 4.78 is 28.8. The van der Waals surface area contributed by atoms with E-state index in [9.17, 15) is 9.18 Å². The van der Waals surface area contributed by atoms with E-state index in [4.69, 9.17) is 4.98 Å². The van der Waals surface area contributed by atoms with Gasteiger partial charge in [0, 0.05) is 28.8 Å². The number of thiophene rings is 1. The molecule has 0 aliphatic carbocycles. The molecule has 1 amide bonds. The minimum Gasteiger partial charge on any atom is -0.337 e. The molecule has 5 aromatic heterocycles. The summed E-state index contributed by atoms with van der Waals surface area (Å²) in [6, 6.07) is 9.74. The van der Waals surface area contributed by atoms with Crippen molar-refractivity contribution in [2.45, 2.75) is 20.8 Å². The summed E-state index contributed by atoms with van der Waals surface area (Å²) >= 11 is 0.987. The van der Waals surface area contributed by atoms with Crippen molar-refractivity contribution in [1.82, 2.24) is 30.1 Å². The van der Waals surface area contributed by atoms with Gasteiger partial charge in [-0.25, -0.2) is 9.37 Å². The minimum absolute atomic E-state index is 0.153. The summed E-state index contributed by atoms with van der Waals surface area (Å²) in [5.41, 5.74) is 3.59. The maximum absolute atomic E-state index is 15.2. The number of pyridine rings is 2. The van der Waals surface area contributed by atoms with Gasteiger partial charge >= 0.3 is 0 Å².